The van der Waals surface area contributed by atoms with Crippen molar-refractivity contribution in [3.8, 4) is 11.5 Å². The van der Waals surface area contributed by atoms with Gasteiger partial charge in [0.15, 0.2) is 11.5 Å². The van der Waals surface area contributed by atoms with Crippen molar-refractivity contribution in [2.45, 2.75) is 19.4 Å². The highest BCUT2D eigenvalue weighted by atomic mass is 35.5. The second-order valence-corrected chi connectivity index (χ2v) is 4.17. The Hall–Kier alpha value is -0.930. The summed E-state index contributed by atoms with van der Waals surface area (Å²) in [4.78, 5) is 2.48. The summed E-state index contributed by atoms with van der Waals surface area (Å²) in [6.07, 6.45) is 2.68. The summed E-state index contributed by atoms with van der Waals surface area (Å²) in [5.74, 6) is 1.77. The van der Waals surface area contributed by atoms with Gasteiger partial charge in [-0.15, -0.1) is 12.4 Å². The largest absolute Gasteiger partial charge is 0.454 e. The van der Waals surface area contributed by atoms with Crippen LogP contribution in [0.5, 0.6) is 11.5 Å². The van der Waals surface area contributed by atoms with Crippen LogP contribution in [0, 0.1) is 0 Å². The van der Waals surface area contributed by atoms with Crippen LogP contribution in [-0.2, 0) is 6.54 Å². The van der Waals surface area contributed by atoms with Gasteiger partial charge in [0.05, 0.1) is 0 Å². The van der Waals surface area contributed by atoms with Crippen LogP contribution in [0.1, 0.15) is 18.4 Å². The molecule has 1 aromatic rings. The van der Waals surface area contributed by atoms with Crippen molar-refractivity contribution in [1.29, 1.82) is 0 Å². The van der Waals surface area contributed by atoms with Crippen LogP contribution in [-0.4, -0.2) is 24.8 Å². The lowest BCUT2D eigenvalue weighted by Gasteiger charge is -2.14. The van der Waals surface area contributed by atoms with Gasteiger partial charge in [-0.3, -0.25) is 4.90 Å². The fraction of sp³-hybridized carbons (Fsp3) is 0.500. The van der Waals surface area contributed by atoms with Gasteiger partial charge in [-0.2, -0.15) is 0 Å². The number of hydrogen-bond donors (Lipinski definition) is 0. The minimum absolute atomic E-state index is 0. The molecule has 0 amide bonds. The summed E-state index contributed by atoms with van der Waals surface area (Å²) in [6.45, 7) is 3.86. The normalized spacial score (nSPS) is 18.5. The molecule has 2 aliphatic heterocycles. The lowest BCUT2D eigenvalue weighted by molar-refractivity contribution is 0.174. The quantitative estimate of drug-likeness (QED) is 0.794. The molecule has 16 heavy (non-hydrogen) atoms. The number of likely N-dealkylation sites (tertiary alicyclic amines) is 1. The molecule has 0 saturated carbocycles. The lowest BCUT2D eigenvalue weighted by Crippen LogP contribution is -2.18. The second kappa shape index (κ2) is 4.93. The molecule has 3 rings (SSSR count). The molecule has 0 spiro atoms. The Balaban J connectivity index is 0.000000963. The SMILES string of the molecule is Cl.c1cc2c(cc1CN1CCCC1)OCO2. The minimum atomic E-state index is 0. The summed E-state index contributed by atoms with van der Waals surface area (Å²) in [7, 11) is 0. The molecule has 0 N–H and O–H groups in total. The first kappa shape index (κ1) is 11.6. The van der Waals surface area contributed by atoms with Crippen molar-refractivity contribution in [2.24, 2.45) is 0 Å². The molecule has 4 heteroatoms. The van der Waals surface area contributed by atoms with E-state index in [-0.39, 0.29) is 12.4 Å². The van der Waals surface area contributed by atoms with Crippen molar-refractivity contribution >= 4 is 12.4 Å². The summed E-state index contributed by atoms with van der Waals surface area (Å²) < 4.78 is 10.7. The fourth-order valence-electron chi connectivity index (χ4n) is 2.24. The number of ether oxygens (including phenoxy) is 2. The van der Waals surface area contributed by atoms with Crippen LogP contribution in [0.4, 0.5) is 0 Å². The van der Waals surface area contributed by atoms with Crippen molar-refractivity contribution < 1.29 is 9.47 Å². The van der Waals surface area contributed by atoms with Gasteiger partial charge in [0.1, 0.15) is 0 Å². The Morgan fingerprint density at radius 3 is 2.62 bits per heavy atom. The summed E-state index contributed by atoms with van der Waals surface area (Å²) in [6, 6.07) is 6.24. The number of benzene rings is 1. The van der Waals surface area contributed by atoms with Crippen LogP contribution >= 0.6 is 12.4 Å². The van der Waals surface area contributed by atoms with Gasteiger partial charge in [0.25, 0.3) is 0 Å². The topological polar surface area (TPSA) is 21.7 Å². The number of nitrogens with zero attached hydrogens (tertiary/aromatic N) is 1. The summed E-state index contributed by atoms with van der Waals surface area (Å²) >= 11 is 0. The zero-order valence-corrected chi connectivity index (χ0v) is 9.96. The number of halogens is 1. The standard InChI is InChI=1S/C12H15NO2.ClH/c1-2-6-13(5-1)8-10-3-4-11-12(7-10)15-9-14-11;/h3-4,7H,1-2,5-6,8-9H2;1H. The van der Waals surface area contributed by atoms with Crippen LogP contribution in [0.25, 0.3) is 0 Å². The molecule has 2 heterocycles. The van der Waals surface area contributed by atoms with Gasteiger partial charge >= 0.3 is 0 Å². The average molecular weight is 242 g/mol. The molecule has 88 valence electrons. The van der Waals surface area contributed by atoms with E-state index in [0.29, 0.717) is 6.79 Å². The summed E-state index contributed by atoms with van der Waals surface area (Å²) in [5.41, 5.74) is 1.32. The van der Waals surface area contributed by atoms with Crippen LogP contribution < -0.4 is 9.47 Å². The maximum absolute atomic E-state index is 5.36. The van der Waals surface area contributed by atoms with E-state index >= 15 is 0 Å². The molecular weight excluding hydrogens is 226 g/mol. The molecule has 3 nitrogen and oxygen atoms in total. The maximum atomic E-state index is 5.36. The molecule has 1 aromatic carbocycles. The van der Waals surface area contributed by atoms with E-state index in [2.05, 4.69) is 17.0 Å². The molecule has 0 aromatic heterocycles. The number of hydrogen-bond acceptors (Lipinski definition) is 3. The van der Waals surface area contributed by atoms with Gasteiger partial charge in [-0.05, 0) is 43.6 Å². The second-order valence-electron chi connectivity index (χ2n) is 4.17. The van der Waals surface area contributed by atoms with Gasteiger partial charge in [-0.1, -0.05) is 6.07 Å². The highest BCUT2D eigenvalue weighted by Gasteiger charge is 2.16. The van der Waals surface area contributed by atoms with E-state index in [1.165, 1.54) is 31.5 Å². The third-order valence-electron chi connectivity index (χ3n) is 3.04. The van der Waals surface area contributed by atoms with Crippen LogP contribution in [0.3, 0.4) is 0 Å². The first-order chi connectivity index (χ1) is 7.42. The predicted molar refractivity (Wildman–Crippen MR) is 64.3 cm³/mol. The van der Waals surface area contributed by atoms with Gasteiger partial charge < -0.3 is 9.47 Å². The molecular formula is C12H16ClNO2. The van der Waals surface area contributed by atoms with Gasteiger partial charge in [-0.25, -0.2) is 0 Å². The molecule has 0 bridgehead atoms. The summed E-state index contributed by atoms with van der Waals surface area (Å²) in [5, 5.41) is 0. The zero-order valence-electron chi connectivity index (χ0n) is 9.15. The van der Waals surface area contributed by atoms with E-state index in [0.717, 1.165) is 18.0 Å². The van der Waals surface area contributed by atoms with E-state index in [4.69, 9.17) is 9.47 Å². The molecule has 0 aliphatic carbocycles. The molecule has 1 saturated heterocycles. The third-order valence-corrected chi connectivity index (χ3v) is 3.04. The molecule has 0 radical (unpaired) electrons. The highest BCUT2D eigenvalue weighted by molar-refractivity contribution is 5.85. The molecule has 0 unspecified atom stereocenters. The first-order valence-corrected chi connectivity index (χ1v) is 5.53. The predicted octanol–water partition coefficient (Wildman–Crippen LogP) is 2.43. The Morgan fingerprint density at radius 2 is 1.81 bits per heavy atom. The molecule has 2 aliphatic rings. The highest BCUT2D eigenvalue weighted by Crippen LogP contribution is 2.32. The molecule has 1 fully saturated rings. The lowest BCUT2D eigenvalue weighted by atomic mass is 10.2. The Kier molecular flexibility index (Phi) is 3.56. The monoisotopic (exact) mass is 241 g/mol. The number of rotatable bonds is 2. The van der Waals surface area contributed by atoms with E-state index < -0.39 is 0 Å². The average Bonchev–Trinajstić information content (AvgIpc) is 2.87. The van der Waals surface area contributed by atoms with Gasteiger partial charge in [0.2, 0.25) is 6.79 Å². The number of fused-ring (bicyclic) bond motifs is 1. The third kappa shape index (κ3) is 2.25. The van der Waals surface area contributed by atoms with Crippen LogP contribution in [0.2, 0.25) is 0 Å². The van der Waals surface area contributed by atoms with E-state index in [9.17, 15) is 0 Å². The Labute approximate surface area is 102 Å². The van der Waals surface area contributed by atoms with E-state index in [1.54, 1.807) is 0 Å². The fourth-order valence-corrected chi connectivity index (χ4v) is 2.24. The van der Waals surface area contributed by atoms with Crippen molar-refractivity contribution in [2.75, 3.05) is 19.9 Å². The van der Waals surface area contributed by atoms with E-state index in [1.807, 2.05) is 6.07 Å². The van der Waals surface area contributed by atoms with Crippen molar-refractivity contribution in [3.05, 3.63) is 23.8 Å². The molecule has 0 atom stereocenters. The zero-order chi connectivity index (χ0) is 10.1. The minimum Gasteiger partial charge on any atom is -0.454 e. The Morgan fingerprint density at radius 1 is 1.06 bits per heavy atom. The van der Waals surface area contributed by atoms with Crippen LogP contribution in [0.15, 0.2) is 18.2 Å². The smallest absolute Gasteiger partial charge is 0.231 e. The first-order valence-electron chi connectivity index (χ1n) is 5.53. The maximum Gasteiger partial charge on any atom is 0.231 e. The Bertz CT molecular complexity index is 364. The van der Waals surface area contributed by atoms with Crippen molar-refractivity contribution in [1.82, 2.24) is 4.90 Å². The van der Waals surface area contributed by atoms with Gasteiger partial charge in [0, 0.05) is 6.54 Å². The van der Waals surface area contributed by atoms with Crippen molar-refractivity contribution in [3.63, 3.8) is 0 Å².